The van der Waals surface area contributed by atoms with E-state index < -0.39 is 0 Å². The standard InChI is InChI=1S/C7H13Br/c1-3-4-5-6-7(2)8/h2-6H2,1H3. The third-order valence-corrected chi connectivity index (χ3v) is 1.45. The van der Waals surface area contributed by atoms with Gasteiger partial charge in [0.15, 0.2) is 0 Å². The smallest absolute Gasteiger partial charge is 0.0121 e. The predicted octanol–water partition coefficient (Wildman–Crippen LogP) is 3.48. The molecule has 0 aliphatic carbocycles. The monoisotopic (exact) mass is 176 g/mol. The first kappa shape index (κ1) is 8.22. The van der Waals surface area contributed by atoms with Gasteiger partial charge < -0.3 is 0 Å². The van der Waals surface area contributed by atoms with Crippen molar-refractivity contribution in [1.29, 1.82) is 0 Å². The van der Waals surface area contributed by atoms with Crippen LogP contribution in [0, 0.1) is 0 Å². The molecule has 0 aromatic carbocycles. The SMILES string of the molecule is C=C(Br)CCCCC. The zero-order valence-corrected chi connectivity index (χ0v) is 7.00. The largest absolute Gasteiger partial charge is 0.0889 e. The Morgan fingerprint density at radius 3 is 2.50 bits per heavy atom. The summed E-state index contributed by atoms with van der Waals surface area (Å²) in [5, 5.41) is 0. The molecule has 0 aromatic heterocycles. The quantitative estimate of drug-likeness (QED) is 0.576. The highest BCUT2D eigenvalue weighted by molar-refractivity contribution is 9.11. The summed E-state index contributed by atoms with van der Waals surface area (Å²) < 4.78 is 1.13. The van der Waals surface area contributed by atoms with Crippen molar-refractivity contribution in [3.05, 3.63) is 11.1 Å². The van der Waals surface area contributed by atoms with Crippen molar-refractivity contribution in [3.63, 3.8) is 0 Å². The molecule has 0 saturated heterocycles. The lowest BCUT2D eigenvalue weighted by Crippen LogP contribution is -1.72. The van der Waals surface area contributed by atoms with Gasteiger partial charge in [-0.15, -0.1) is 0 Å². The van der Waals surface area contributed by atoms with Crippen LogP contribution in [-0.2, 0) is 0 Å². The van der Waals surface area contributed by atoms with Gasteiger partial charge in [-0.1, -0.05) is 42.3 Å². The van der Waals surface area contributed by atoms with Crippen molar-refractivity contribution in [2.45, 2.75) is 32.6 Å². The van der Waals surface area contributed by atoms with Gasteiger partial charge in [0.2, 0.25) is 0 Å². The molecule has 0 rings (SSSR count). The summed E-state index contributed by atoms with van der Waals surface area (Å²) in [7, 11) is 0. The van der Waals surface area contributed by atoms with Crippen LogP contribution in [-0.4, -0.2) is 0 Å². The van der Waals surface area contributed by atoms with E-state index in [4.69, 9.17) is 0 Å². The molecule has 0 aliphatic heterocycles. The van der Waals surface area contributed by atoms with Crippen LogP contribution in [0.25, 0.3) is 0 Å². The van der Waals surface area contributed by atoms with Gasteiger partial charge in [-0.2, -0.15) is 0 Å². The van der Waals surface area contributed by atoms with E-state index in [9.17, 15) is 0 Å². The molecule has 1 heteroatoms. The lowest BCUT2D eigenvalue weighted by molar-refractivity contribution is 0.727. The molecule has 0 fully saturated rings. The fourth-order valence-corrected chi connectivity index (χ4v) is 0.847. The second-order valence-corrected chi connectivity index (χ2v) is 3.10. The average Bonchev–Trinajstić information content (AvgIpc) is 1.66. The van der Waals surface area contributed by atoms with Crippen LogP contribution in [0.5, 0.6) is 0 Å². The van der Waals surface area contributed by atoms with Gasteiger partial charge in [0.1, 0.15) is 0 Å². The van der Waals surface area contributed by atoms with Gasteiger partial charge in [-0.25, -0.2) is 0 Å². The number of unbranched alkanes of at least 4 members (excludes halogenated alkanes) is 2. The Kier molecular flexibility index (Phi) is 5.51. The summed E-state index contributed by atoms with van der Waals surface area (Å²) in [5.41, 5.74) is 0. The van der Waals surface area contributed by atoms with Crippen LogP contribution >= 0.6 is 15.9 Å². The van der Waals surface area contributed by atoms with E-state index in [-0.39, 0.29) is 0 Å². The maximum Gasteiger partial charge on any atom is -0.0121 e. The minimum atomic E-state index is 1.13. The van der Waals surface area contributed by atoms with Crippen molar-refractivity contribution in [2.75, 3.05) is 0 Å². The second-order valence-electron chi connectivity index (χ2n) is 1.97. The Morgan fingerprint density at radius 2 is 2.12 bits per heavy atom. The first-order chi connectivity index (χ1) is 3.77. The molecule has 0 bridgehead atoms. The van der Waals surface area contributed by atoms with Gasteiger partial charge in [0.25, 0.3) is 0 Å². The molecule has 0 unspecified atom stereocenters. The topological polar surface area (TPSA) is 0 Å². The van der Waals surface area contributed by atoms with Crippen molar-refractivity contribution in [1.82, 2.24) is 0 Å². The van der Waals surface area contributed by atoms with E-state index in [0.717, 1.165) is 10.9 Å². The number of rotatable bonds is 4. The minimum Gasteiger partial charge on any atom is -0.0889 e. The highest BCUT2D eigenvalue weighted by Crippen LogP contribution is 2.11. The van der Waals surface area contributed by atoms with Crippen molar-refractivity contribution < 1.29 is 0 Å². The molecule has 0 aliphatic rings. The Labute approximate surface area is 60.1 Å². The Hall–Kier alpha value is 0.220. The molecule has 0 radical (unpaired) electrons. The molecule has 48 valence electrons. The van der Waals surface area contributed by atoms with Crippen LogP contribution in [0.15, 0.2) is 11.1 Å². The van der Waals surface area contributed by atoms with Gasteiger partial charge in [-0.3, -0.25) is 0 Å². The molecule has 0 atom stereocenters. The maximum atomic E-state index is 3.74. The van der Waals surface area contributed by atoms with Crippen molar-refractivity contribution in [3.8, 4) is 0 Å². The normalized spacial score (nSPS) is 9.25. The number of hydrogen-bond donors (Lipinski definition) is 0. The van der Waals surface area contributed by atoms with E-state index in [1.165, 1.54) is 19.3 Å². The lowest BCUT2D eigenvalue weighted by Gasteiger charge is -1.93. The second kappa shape index (κ2) is 5.36. The fourth-order valence-electron chi connectivity index (χ4n) is 0.567. The van der Waals surface area contributed by atoms with Crippen LogP contribution in [0.1, 0.15) is 32.6 Å². The van der Waals surface area contributed by atoms with Gasteiger partial charge in [0, 0.05) is 0 Å². The van der Waals surface area contributed by atoms with Crippen LogP contribution < -0.4 is 0 Å². The first-order valence-electron chi connectivity index (χ1n) is 3.10. The Morgan fingerprint density at radius 1 is 1.50 bits per heavy atom. The van der Waals surface area contributed by atoms with Crippen LogP contribution in [0.4, 0.5) is 0 Å². The molecule has 0 nitrogen and oxygen atoms in total. The summed E-state index contributed by atoms with van der Waals surface area (Å²) in [6.45, 7) is 5.95. The molecule has 0 N–H and O–H groups in total. The molecule has 0 saturated carbocycles. The number of hydrogen-bond acceptors (Lipinski definition) is 0. The summed E-state index contributed by atoms with van der Waals surface area (Å²) in [4.78, 5) is 0. The van der Waals surface area contributed by atoms with Crippen LogP contribution in [0.3, 0.4) is 0 Å². The molecular formula is C7H13Br. The van der Waals surface area contributed by atoms with Crippen molar-refractivity contribution in [2.24, 2.45) is 0 Å². The van der Waals surface area contributed by atoms with E-state index >= 15 is 0 Å². The highest BCUT2D eigenvalue weighted by Gasteiger charge is 1.86. The zero-order valence-electron chi connectivity index (χ0n) is 5.41. The summed E-state index contributed by atoms with van der Waals surface area (Å²) >= 11 is 3.31. The Bertz CT molecular complexity index is 66.8. The minimum absolute atomic E-state index is 1.13. The molecule has 8 heavy (non-hydrogen) atoms. The first-order valence-corrected chi connectivity index (χ1v) is 3.90. The summed E-state index contributed by atoms with van der Waals surface area (Å²) in [6, 6.07) is 0. The van der Waals surface area contributed by atoms with E-state index in [0.29, 0.717) is 0 Å². The molecule has 0 amide bonds. The fraction of sp³-hybridized carbons (Fsp3) is 0.714. The Balaban J connectivity index is 2.82. The number of halogens is 1. The zero-order chi connectivity index (χ0) is 6.41. The molecule has 0 spiro atoms. The third-order valence-electron chi connectivity index (χ3n) is 1.05. The molecular weight excluding hydrogens is 164 g/mol. The van der Waals surface area contributed by atoms with E-state index in [1.807, 2.05) is 0 Å². The molecule has 0 heterocycles. The van der Waals surface area contributed by atoms with E-state index in [2.05, 4.69) is 29.4 Å². The lowest BCUT2D eigenvalue weighted by atomic mass is 10.2. The van der Waals surface area contributed by atoms with E-state index in [1.54, 1.807) is 0 Å². The summed E-state index contributed by atoms with van der Waals surface area (Å²) in [5.74, 6) is 0. The summed E-state index contributed by atoms with van der Waals surface area (Å²) in [6.07, 6.45) is 5.03. The third kappa shape index (κ3) is 6.22. The van der Waals surface area contributed by atoms with Gasteiger partial charge in [0.05, 0.1) is 0 Å². The van der Waals surface area contributed by atoms with Gasteiger partial charge >= 0.3 is 0 Å². The predicted molar refractivity (Wildman–Crippen MR) is 42.2 cm³/mol. The van der Waals surface area contributed by atoms with Crippen LogP contribution in [0.2, 0.25) is 0 Å². The van der Waals surface area contributed by atoms with Gasteiger partial charge in [-0.05, 0) is 17.3 Å². The van der Waals surface area contributed by atoms with Crippen molar-refractivity contribution >= 4 is 15.9 Å². The highest BCUT2D eigenvalue weighted by atomic mass is 79.9. The molecule has 0 aromatic rings. The number of allylic oxidation sites excluding steroid dienone is 1. The maximum absolute atomic E-state index is 3.74. The average molecular weight is 177 g/mol.